The Balaban J connectivity index is 0.000000671. The van der Waals surface area contributed by atoms with Gasteiger partial charge in [0, 0.05) is 12.1 Å². The predicted octanol–water partition coefficient (Wildman–Crippen LogP) is 2.11. The summed E-state index contributed by atoms with van der Waals surface area (Å²) >= 11 is 0. The molecule has 0 aromatic rings. The molecule has 76 valence electrons. The van der Waals surface area contributed by atoms with Crippen LogP contribution in [0.2, 0.25) is 0 Å². The number of nitrogens with one attached hydrogen (secondary N) is 1. The number of hydrogen-bond acceptors (Lipinski definition) is 2. The van der Waals surface area contributed by atoms with Gasteiger partial charge >= 0.3 is 0 Å². The number of ketones is 1. The maximum Gasteiger partial charge on any atom is 0.270 e. The van der Waals surface area contributed by atoms with E-state index in [1.807, 2.05) is 13.8 Å². The molecule has 0 aliphatic carbocycles. The van der Waals surface area contributed by atoms with Crippen LogP contribution >= 0.6 is 0 Å². The number of carbonyl (C=O) groups excluding carboxylic acids is 1. The summed E-state index contributed by atoms with van der Waals surface area (Å²) < 4.78 is 23.8. The van der Waals surface area contributed by atoms with E-state index in [-0.39, 0.29) is 24.3 Å². The number of hydrogen-bond donors (Lipinski definition) is 1. The Morgan fingerprint density at radius 1 is 1.46 bits per heavy atom. The molecule has 0 amide bonds. The summed E-state index contributed by atoms with van der Waals surface area (Å²) in [6, 6.07) is -0.397. The highest BCUT2D eigenvalue weighted by molar-refractivity contribution is 5.82. The van der Waals surface area contributed by atoms with Crippen molar-refractivity contribution in [2.45, 2.75) is 33.2 Å². The first-order valence-corrected chi connectivity index (χ1v) is 4.38. The maximum atomic E-state index is 11.9. The molecule has 4 heteroatoms. The lowest BCUT2D eigenvalue weighted by atomic mass is 10.1. The molecule has 1 aliphatic rings. The summed E-state index contributed by atoms with van der Waals surface area (Å²) in [6.07, 6.45) is -1.49. The number of halogens is 2. The molecule has 1 saturated heterocycles. The summed E-state index contributed by atoms with van der Waals surface area (Å²) in [5.74, 6) is -0.0822. The third kappa shape index (κ3) is 3.63. The van der Waals surface area contributed by atoms with E-state index in [1.54, 1.807) is 0 Å². The average Bonchev–Trinajstić information content (AvgIpc) is 2.56. The predicted molar refractivity (Wildman–Crippen MR) is 47.7 cm³/mol. The second kappa shape index (κ2) is 5.80. The van der Waals surface area contributed by atoms with Gasteiger partial charge in [0.25, 0.3) is 6.08 Å². The van der Waals surface area contributed by atoms with Gasteiger partial charge in [-0.3, -0.25) is 4.79 Å². The minimum atomic E-state index is -1.65. The third-order valence-corrected chi connectivity index (χ3v) is 1.77. The molecular formula is C9H15F2NO. The van der Waals surface area contributed by atoms with Crippen LogP contribution in [0.15, 0.2) is 11.7 Å². The van der Waals surface area contributed by atoms with Crippen molar-refractivity contribution in [1.29, 1.82) is 0 Å². The van der Waals surface area contributed by atoms with Crippen LogP contribution in [-0.4, -0.2) is 18.4 Å². The molecule has 1 rings (SSSR count). The summed E-state index contributed by atoms with van der Waals surface area (Å²) in [5.41, 5.74) is 0.0604. The van der Waals surface area contributed by atoms with Crippen molar-refractivity contribution >= 4 is 5.78 Å². The Morgan fingerprint density at radius 2 is 2.00 bits per heavy atom. The molecule has 1 unspecified atom stereocenters. The lowest BCUT2D eigenvalue weighted by molar-refractivity contribution is -0.118. The second-order valence-corrected chi connectivity index (χ2v) is 2.61. The molecule has 0 saturated carbocycles. The monoisotopic (exact) mass is 191 g/mol. The van der Waals surface area contributed by atoms with E-state index in [1.165, 1.54) is 6.92 Å². The normalized spacial score (nSPS) is 20.7. The molecule has 1 N–H and O–H groups in total. The van der Waals surface area contributed by atoms with Crippen LogP contribution in [0.3, 0.4) is 0 Å². The molecule has 1 atom stereocenters. The second-order valence-electron chi connectivity index (χ2n) is 2.61. The van der Waals surface area contributed by atoms with Crippen molar-refractivity contribution in [1.82, 2.24) is 5.32 Å². The first-order chi connectivity index (χ1) is 6.11. The minimum absolute atomic E-state index is 0.0604. The molecule has 0 radical (unpaired) electrons. The van der Waals surface area contributed by atoms with Gasteiger partial charge in [-0.05, 0) is 13.3 Å². The van der Waals surface area contributed by atoms with Gasteiger partial charge in [0.1, 0.15) is 5.78 Å². The molecule has 2 nitrogen and oxygen atoms in total. The average molecular weight is 191 g/mol. The maximum absolute atomic E-state index is 11.9. The van der Waals surface area contributed by atoms with Gasteiger partial charge in [-0.15, -0.1) is 0 Å². The van der Waals surface area contributed by atoms with Crippen molar-refractivity contribution < 1.29 is 13.6 Å². The van der Waals surface area contributed by atoms with E-state index in [4.69, 9.17) is 0 Å². The molecule has 1 heterocycles. The molecule has 0 aromatic carbocycles. The smallest absolute Gasteiger partial charge is 0.270 e. The van der Waals surface area contributed by atoms with Crippen LogP contribution in [0.4, 0.5) is 8.78 Å². The topological polar surface area (TPSA) is 29.1 Å². The highest BCUT2D eigenvalue weighted by Crippen LogP contribution is 2.18. The first-order valence-electron chi connectivity index (χ1n) is 4.38. The van der Waals surface area contributed by atoms with Gasteiger partial charge in [-0.2, -0.15) is 8.78 Å². The molecule has 0 spiro atoms. The fraction of sp³-hybridized carbons (Fsp3) is 0.667. The van der Waals surface area contributed by atoms with Gasteiger partial charge in [0.15, 0.2) is 0 Å². The molecule has 1 aliphatic heterocycles. The van der Waals surface area contributed by atoms with E-state index < -0.39 is 12.1 Å². The van der Waals surface area contributed by atoms with Crippen LogP contribution in [0.1, 0.15) is 27.2 Å². The fourth-order valence-electron chi connectivity index (χ4n) is 1.07. The van der Waals surface area contributed by atoms with Crippen LogP contribution < -0.4 is 5.32 Å². The van der Waals surface area contributed by atoms with Crippen molar-refractivity contribution in [2.24, 2.45) is 0 Å². The Kier molecular flexibility index (Phi) is 5.46. The largest absolute Gasteiger partial charge is 0.303 e. The van der Waals surface area contributed by atoms with Crippen molar-refractivity contribution in [3.63, 3.8) is 0 Å². The Morgan fingerprint density at radius 3 is 2.23 bits per heavy atom. The lowest BCUT2D eigenvalue weighted by Gasteiger charge is -2.01. The highest BCUT2D eigenvalue weighted by atomic mass is 19.3. The van der Waals surface area contributed by atoms with Gasteiger partial charge < -0.3 is 5.32 Å². The van der Waals surface area contributed by atoms with Crippen LogP contribution in [-0.2, 0) is 4.79 Å². The highest BCUT2D eigenvalue weighted by Gasteiger charge is 2.24. The van der Waals surface area contributed by atoms with Gasteiger partial charge in [-0.25, -0.2) is 0 Å². The number of rotatable bonds is 1. The summed E-state index contributed by atoms with van der Waals surface area (Å²) in [6.45, 7) is 5.54. The van der Waals surface area contributed by atoms with Crippen LogP contribution in [0, 0.1) is 0 Å². The van der Waals surface area contributed by atoms with E-state index in [9.17, 15) is 13.6 Å². The number of carbonyl (C=O) groups is 1. The quantitative estimate of drug-likeness (QED) is 0.687. The molecule has 13 heavy (non-hydrogen) atoms. The van der Waals surface area contributed by atoms with Crippen LogP contribution in [0.25, 0.3) is 0 Å². The minimum Gasteiger partial charge on any atom is -0.303 e. The van der Waals surface area contributed by atoms with E-state index in [0.29, 0.717) is 0 Å². The third-order valence-electron chi connectivity index (χ3n) is 1.77. The summed E-state index contributed by atoms with van der Waals surface area (Å²) in [7, 11) is 0. The van der Waals surface area contributed by atoms with Crippen molar-refractivity contribution in [3.8, 4) is 0 Å². The van der Waals surface area contributed by atoms with Crippen molar-refractivity contribution in [2.75, 3.05) is 6.54 Å². The standard InChI is InChI=1S/C7H9F2NO.C2H6/c1-4(11)6-2-5(3-10-6)7(8)9;1-2/h6,10H,2-3H2,1H3;1-2H3. The fourth-order valence-corrected chi connectivity index (χ4v) is 1.07. The van der Waals surface area contributed by atoms with Gasteiger partial charge in [-0.1, -0.05) is 13.8 Å². The SMILES string of the molecule is CC.CC(=O)C1CC(=C(F)F)CN1. The first kappa shape index (κ1) is 12.2. The zero-order valence-corrected chi connectivity index (χ0v) is 8.16. The van der Waals surface area contributed by atoms with Crippen molar-refractivity contribution in [3.05, 3.63) is 11.7 Å². The summed E-state index contributed by atoms with van der Waals surface area (Å²) in [4.78, 5) is 10.7. The summed E-state index contributed by atoms with van der Waals surface area (Å²) in [5, 5.41) is 2.70. The van der Waals surface area contributed by atoms with E-state index in [2.05, 4.69) is 5.32 Å². The molecule has 0 bridgehead atoms. The molecule has 0 aromatic heterocycles. The molecule has 1 fully saturated rings. The van der Waals surface area contributed by atoms with Gasteiger partial charge in [0.05, 0.1) is 6.04 Å². The van der Waals surface area contributed by atoms with E-state index >= 15 is 0 Å². The Hall–Kier alpha value is -0.770. The number of Topliss-reactive ketones (excluding diaryl/α,β-unsaturated/α-hetero) is 1. The van der Waals surface area contributed by atoms with Gasteiger partial charge in [0.2, 0.25) is 0 Å². The van der Waals surface area contributed by atoms with Crippen LogP contribution in [0.5, 0.6) is 0 Å². The zero-order valence-electron chi connectivity index (χ0n) is 8.16. The molecular weight excluding hydrogens is 176 g/mol. The zero-order chi connectivity index (χ0) is 10.4. The van der Waals surface area contributed by atoms with E-state index in [0.717, 1.165) is 0 Å². The Labute approximate surface area is 77.0 Å². The Bertz CT molecular complexity index is 210. The lowest BCUT2D eigenvalue weighted by Crippen LogP contribution is -2.28.